The van der Waals surface area contributed by atoms with Crippen molar-refractivity contribution in [3.63, 3.8) is 0 Å². The van der Waals surface area contributed by atoms with Gasteiger partial charge >= 0.3 is 0 Å². The number of hydrogen-bond acceptors (Lipinski definition) is 4. The van der Waals surface area contributed by atoms with Gasteiger partial charge in [-0.25, -0.2) is 0 Å². The van der Waals surface area contributed by atoms with Crippen LogP contribution in [-0.2, 0) is 0 Å². The third kappa shape index (κ3) is 4.07. The molecule has 1 atom stereocenters. The van der Waals surface area contributed by atoms with Gasteiger partial charge in [-0.1, -0.05) is 20.8 Å². The van der Waals surface area contributed by atoms with E-state index in [9.17, 15) is 15.3 Å². The minimum atomic E-state index is -0.829. The van der Waals surface area contributed by atoms with Crippen molar-refractivity contribution in [2.24, 2.45) is 5.92 Å². The van der Waals surface area contributed by atoms with Crippen molar-refractivity contribution in [3.05, 3.63) is 0 Å². The van der Waals surface area contributed by atoms with E-state index in [-0.39, 0.29) is 19.1 Å². The zero-order valence-corrected chi connectivity index (χ0v) is 10.2. The molecule has 0 bridgehead atoms. The Kier molecular flexibility index (Phi) is 5.73. The first-order valence-electron chi connectivity index (χ1n) is 5.52. The number of aliphatic hydroxyl groups excluding tert-OH is 2. The molecule has 4 heteroatoms. The van der Waals surface area contributed by atoms with E-state index in [4.69, 9.17) is 0 Å². The highest BCUT2D eigenvalue weighted by molar-refractivity contribution is 4.89. The molecule has 0 saturated heterocycles. The number of hydrogen-bond donors (Lipinski definition) is 4. The number of β-amino-alcohol motifs (C(OH)–C–C–N with tert-alkyl or cyclic N) is 1. The summed E-state index contributed by atoms with van der Waals surface area (Å²) in [4.78, 5) is 0. The van der Waals surface area contributed by atoms with Crippen molar-refractivity contribution in [1.82, 2.24) is 5.32 Å². The number of rotatable bonds is 7. The maximum atomic E-state index is 10.0. The van der Waals surface area contributed by atoms with Crippen LogP contribution in [0, 0.1) is 5.92 Å². The smallest absolute Gasteiger partial charge is 0.0766 e. The summed E-state index contributed by atoms with van der Waals surface area (Å²) in [7, 11) is 0. The molecule has 4 nitrogen and oxygen atoms in total. The molecule has 0 aliphatic heterocycles. The zero-order valence-electron chi connectivity index (χ0n) is 10.2. The normalized spacial score (nSPS) is 16.8. The van der Waals surface area contributed by atoms with E-state index in [1.165, 1.54) is 0 Å². The predicted octanol–water partition coefficient (Wildman–Crippen LogP) is 0.116. The molecule has 0 aromatic rings. The first-order chi connectivity index (χ1) is 6.83. The zero-order chi connectivity index (χ0) is 12.1. The fraction of sp³-hybridized carbons (Fsp3) is 1.00. The Morgan fingerprint density at radius 1 is 1.20 bits per heavy atom. The van der Waals surface area contributed by atoms with Crippen LogP contribution in [0.15, 0.2) is 0 Å². The third-order valence-corrected chi connectivity index (χ3v) is 3.35. The van der Waals surface area contributed by atoms with Crippen molar-refractivity contribution in [3.8, 4) is 0 Å². The summed E-state index contributed by atoms with van der Waals surface area (Å²) < 4.78 is 0. The van der Waals surface area contributed by atoms with E-state index in [0.29, 0.717) is 13.0 Å². The summed E-state index contributed by atoms with van der Waals surface area (Å²) in [5, 5.41) is 31.5. The molecular formula is C11H25NO3. The topological polar surface area (TPSA) is 72.7 Å². The van der Waals surface area contributed by atoms with Crippen LogP contribution in [0.4, 0.5) is 0 Å². The van der Waals surface area contributed by atoms with Gasteiger partial charge in [-0.2, -0.15) is 0 Å². The van der Waals surface area contributed by atoms with Crippen LogP contribution >= 0.6 is 0 Å². The third-order valence-electron chi connectivity index (χ3n) is 3.35. The maximum absolute atomic E-state index is 10.0. The van der Waals surface area contributed by atoms with Gasteiger partial charge in [-0.3, -0.25) is 0 Å². The van der Waals surface area contributed by atoms with E-state index in [2.05, 4.69) is 5.32 Å². The summed E-state index contributed by atoms with van der Waals surface area (Å²) in [6, 6.07) is 0. The standard InChI is InChI=1S/C11H25NO3/c1-5-11(7-13,8-14)12-6-10(4,15)9(2)3/h9,12-15H,5-8H2,1-4H3. The molecular weight excluding hydrogens is 194 g/mol. The van der Waals surface area contributed by atoms with Gasteiger partial charge < -0.3 is 20.6 Å². The lowest BCUT2D eigenvalue weighted by atomic mass is 9.90. The van der Waals surface area contributed by atoms with Crippen molar-refractivity contribution in [2.45, 2.75) is 45.3 Å². The summed E-state index contributed by atoms with van der Waals surface area (Å²) in [6.07, 6.45) is 0.619. The molecule has 92 valence electrons. The summed E-state index contributed by atoms with van der Waals surface area (Å²) in [5.41, 5.74) is -1.51. The lowest BCUT2D eigenvalue weighted by Gasteiger charge is -2.36. The molecule has 0 aliphatic rings. The van der Waals surface area contributed by atoms with Gasteiger partial charge in [0.1, 0.15) is 0 Å². The van der Waals surface area contributed by atoms with Crippen LogP contribution in [-0.4, -0.2) is 46.2 Å². The monoisotopic (exact) mass is 219 g/mol. The van der Waals surface area contributed by atoms with E-state index in [1.807, 2.05) is 20.8 Å². The summed E-state index contributed by atoms with van der Waals surface area (Å²) in [6.45, 7) is 7.62. The molecule has 0 aromatic heterocycles. The molecule has 0 rings (SSSR count). The average Bonchev–Trinajstić information content (AvgIpc) is 2.20. The Bertz CT molecular complexity index is 168. The molecule has 0 spiro atoms. The first-order valence-corrected chi connectivity index (χ1v) is 5.52. The van der Waals surface area contributed by atoms with Gasteiger partial charge in [-0.15, -0.1) is 0 Å². The van der Waals surface area contributed by atoms with Gasteiger partial charge in [0.05, 0.1) is 24.4 Å². The highest BCUT2D eigenvalue weighted by Crippen LogP contribution is 2.17. The predicted molar refractivity (Wildman–Crippen MR) is 60.7 cm³/mol. The molecule has 1 unspecified atom stereocenters. The Balaban J connectivity index is 4.34. The summed E-state index contributed by atoms with van der Waals surface area (Å²) >= 11 is 0. The van der Waals surface area contributed by atoms with Crippen LogP contribution in [0.2, 0.25) is 0 Å². The van der Waals surface area contributed by atoms with Crippen LogP contribution in [0.1, 0.15) is 34.1 Å². The molecule has 15 heavy (non-hydrogen) atoms. The van der Waals surface area contributed by atoms with Crippen LogP contribution < -0.4 is 5.32 Å². The second-order valence-electron chi connectivity index (χ2n) is 4.82. The second-order valence-corrected chi connectivity index (χ2v) is 4.82. The molecule has 0 aliphatic carbocycles. The van der Waals surface area contributed by atoms with Crippen molar-refractivity contribution in [1.29, 1.82) is 0 Å². The lowest BCUT2D eigenvalue weighted by molar-refractivity contribution is -0.00567. The van der Waals surface area contributed by atoms with Gasteiger partial charge in [0.2, 0.25) is 0 Å². The van der Waals surface area contributed by atoms with Crippen LogP contribution in [0.5, 0.6) is 0 Å². The van der Waals surface area contributed by atoms with Crippen molar-refractivity contribution in [2.75, 3.05) is 19.8 Å². The Morgan fingerprint density at radius 2 is 1.67 bits per heavy atom. The van der Waals surface area contributed by atoms with Gasteiger partial charge in [0.25, 0.3) is 0 Å². The molecule has 0 aromatic carbocycles. The van der Waals surface area contributed by atoms with Crippen molar-refractivity contribution < 1.29 is 15.3 Å². The molecule has 0 heterocycles. The minimum Gasteiger partial charge on any atom is -0.394 e. The average molecular weight is 219 g/mol. The molecule has 0 amide bonds. The Hall–Kier alpha value is -0.160. The minimum absolute atomic E-state index is 0.122. The van der Waals surface area contributed by atoms with Gasteiger partial charge in [-0.05, 0) is 19.3 Å². The highest BCUT2D eigenvalue weighted by atomic mass is 16.3. The van der Waals surface area contributed by atoms with Crippen LogP contribution in [0.25, 0.3) is 0 Å². The summed E-state index contributed by atoms with van der Waals surface area (Å²) in [5.74, 6) is 0.122. The van der Waals surface area contributed by atoms with Crippen molar-refractivity contribution >= 4 is 0 Å². The largest absolute Gasteiger partial charge is 0.394 e. The van der Waals surface area contributed by atoms with Gasteiger partial charge in [0, 0.05) is 6.54 Å². The van der Waals surface area contributed by atoms with E-state index < -0.39 is 11.1 Å². The molecule has 0 fully saturated rings. The van der Waals surface area contributed by atoms with Gasteiger partial charge in [0.15, 0.2) is 0 Å². The fourth-order valence-corrected chi connectivity index (χ4v) is 1.08. The second kappa shape index (κ2) is 5.80. The quantitative estimate of drug-likeness (QED) is 0.490. The number of nitrogens with one attached hydrogen (secondary N) is 1. The Morgan fingerprint density at radius 3 is 1.93 bits per heavy atom. The lowest BCUT2D eigenvalue weighted by Crippen LogP contribution is -2.56. The Labute approximate surface area is 92.3 Å². The SMILES string of the molecule is CCC(CO)(CO)NCC(C)(O)C(C)C. The molecule has 0 radical (unpaired) electrons. The van der Waals surface area contributed by atoms with E-state index >= 15 is 0 Å². The fourth-order valence-electron chi connectivity index (χ4n) is 1.08. The molecule has 0 saturated carbocycles. The highest BCUT2D eigenvalue weighted by Gasteiger charge is 2.31. The maximum Gasteiger partial charge on any atom is 0.0766 e. The first kappa shape index (κ1) is 14.8. The number of aliphatic hydroxyl groups is 3. The van der Waals surface area contributed by atoms with E-state index in [0.717, 1.165) is 0 Å². The molecule has 4 N–H and O–H groups in total. The van der Waals surface area contributed by atoms with E-state index in [1.54, 1.807) is 6.92 Å². The van der Waals surface area contributed by atoms with Crippen LogP contribution in [0.3, 0.4) is 0 Å².